The van der Waals surface area contributed by atoms with Crippen LogP contribution in [0.2, 0.25) is 0 Å². The molecule has 0 unspecified atom stereocenters. The summed E-state index contributed by atoms with van der Waals surface area (Å²) in [5.41, 5.74) is 1.36. The van der Waals surface area contributed by atoms with Gasteiger partial charge in [0, 0.05) is 6.92 Å². The van der Waals surface area contributed by atoms with Gasteiger partial charge in [-0.3, -0.25) is 0 Å². The van der Waals surface area contributed by atoms with Gasteiger partial charge < -0.3 is 0 Å². The van der Waals surface area contributed by atoms with Crippen molar-refractivity contribution in [1.82, 2.24) is 4.57 Å². The van der Waals surface area contributed by atoms with E-state index in [1.807, 2.05) is 0 Å². The van der Waals surface area contributed by atoms with Crippen LogP contribution in [0, 0.1) is 6.92 Å². The highest BCUT2D eigenvalue weighted by Crippen LogP contribution is 2.04. The summed E-state index contributed by atoms with van der Waals surface area (Å²) >= 11 is 0. The lowest BCUT2D eigenvalue weighted by Gasteiger charge is -2.01. The van der Waals surface area contributed by atoms with Crippen molar-refractivity contribution in [1.29, 1.82) is 0 Å². The molecule has 2 aromatic rings. The van der Waals surface area contributed by atoms with Crippen LogP contribution in [0.4, 0.5) is 0 Å². The Morgan fingerprint density at radius 3 is 2.61 bits per heavy atom. The van der Waals surface area contributed by atoms with E-state index < -0.39 is 0 Å². The first-order chi connectivity index (χ1) is 8.81. The number of hydrogen-bond acceptors (Lipinski definition) is 0. The monoisotopic (exact) mass is 243 g/mol. The van der Waals surface area contributed by atoms with Gasteiger partial charge in [-0.05, 0) is 18.4 Å². The Bertz CT molecular complexity index is 471. The largest absolute Gasteiger partial charge is 0.253 e. The van der Waals surface area contributed by atoms with Crippen LogP contribution in [0.15, 0.2) is 42.7 Å². The van der Waals surface area contributed by atoms with E-state index in [1.54, 1.807) is 0 Å². The van der Waals surface area contributed by atoms with Gasteiger partial charge in [0.25, 0.3) is 5.82 Å². The molecule has 0 aliphatic carbocycles. The zero-order chi connectivity index (χ0) is 12.8. The van der Waals surface area contributed by atoms with Crippen LogP contribution in [0.1, 0.15) is 37.6 Å². The van der Waals surface area contributed by atoms with Crippen molar-refractivity contribution >= 4 is 0 Å². The molecule has 0 spiro atoms. The maximum Gasteiger partial charge on any atom is 0.253 e. The average Bonchev–Trinajstić information content (AvgIpc) is 2.73. The topological polar surface area (TPSA) is 8.81 Å². The maximum absolute atomic E-state index is 2.36. The minimum absolute atomic E-state index is 0.966. The predicted molar refractivity (Wildman–Crippen MR) is 74.4 cm³/mol. The molecule has 0 bridgehead atoms. The number of rotatable bonds is 6. The van der Waals surface area contributed by atoms with Crippen molar-refractivity contribution in [3.63, 3.8) is 0 Å². The van der Waals surface area contributed by atoms with Crippen molar-refractivity contribution in [3.8, 4) is 0 Å². The molecule has 1 aromatic carbocycles. The molecular formula is C16H23N2+. The first-order valence-electron chi connectivity index (χ1n) is 6.90. The molecular weight excluding hydrogens is 220 g/mol. The van der Waals surface area contributed by atoms with Crippen molar-refractivity contribution in [3.05, 3.63) is 54.1 Å². The third kappa shape index (κ3) is 3.22. The highest BCUT2D eigenvalue weighted by molar-refractivity contribution is 5.15. The standard InChI is InChI=1S/C16H23N2/c1-3-4-8-11-17-12-13-18(15(17)2)14-16-9-6-5-7-10-16/h5-7,9-10,12-13H,3-4,8,11,14H2,1-2H3/q+1. The lowest BCUT2D eigenvalue weighted by Crippen LogP contribution is -2.35. The summed E-state index contributed by atoms with van der Waals surface area (Å²) in [7, 11) is 0. The van der Waals surface area contributed by atoms with Crippen molar-refractivity contribution in [2.75, 3.05) is 0 Å². The molecule has 2 heteroatoms. The lowest BCUT2D eigenvalue weighted by atomic mass is 10.2. The first kappa shape index (κ1) is 12.9. The summed E-state index contributed by atoms with van der Waals surface area (Å²) in [4.78, 5) is 0. The number of hydrogen-bond donors (Lipinski definition) is 0. The summed E-state index contributed by atoms with van der Waals surface area (Å²) in [5, 5.41) is 0. The van der Waals surface area contributed by atoms with Crippen molar-refractivity contribution in [2.45, 2.75) is 46.2 Å². The summed E-state index contributed by atoms with van der Waals surface area (Å²) in [6, 6.07) is 10.6. The summed E-state index contributed by atoms with van der Waals surface area (Å²) in [6.45, 7) is 6.56. The Morgan fingerprint density at radius 1 is 1.11 bits per heavy atom. The predicted octanol–water partition coefficient (Wildman–Crippen LogP) is 3.32. The van der Waals surface area contributed by atoms with Crippen LogP contribution >= 0.6 is 0 Å². The van der Waals surface area contributed by atoms with Crippen LogP contribution in [0.3, 0.4) is 0 Å². The molecule has 0 saturated carbocycles. The van der Waals surface area contributed by atoms with Gasteiger partial charge in [-0.25, -0.2) is 9.13 Å². The molecule has 2 nitrogen and oxygen atoms in total. The quantitative estimate of drug-likeness (QED) is 0.543. The maximum atomic E-state index is 2.36. The Kier molecular flexibility index (Phi) is 4.57. The van der Waals surface area contributed by atoms with Crippen LogP contribution in [0.5, 0.6) is 0 Å². The van der Waals surface area contributed by atoms with E-state index in [1.165, 1.54) is 30.7 Å². The summed E-state index contributed by atoms with van der Waals surface area (Å²) in [5.74, 6) is 1.34. The molecule has 0 N–H and O–H groups in total. The molecule has 96 valence electrons. The van der Waals surface area contributed by atoms with Gasteiger partial charge in [-0.2, -0.15) is 0 Å². The highest BCUT2D eigenvalue weighted by atomic mass is 15.1. The molecule has 1 heterocycles. The van der Waals surface area contributed by atoms with E-state index >= 15 is 0 Å². The van der Waals surface area contributed by atoms with Gasteiger partial charge in [-0.15, -0.1) is 0 Å². The van der Waals surface area contributed by atoms with Gasteiger partial charge in [0.05, 0.1) is 6.54 Å². The molecule has 2 rings (SSSR count). The normalized spacial score (nSPS) is 10.8. The van der Waals surface area contributed by atoms with E-state index in [2.05, 4.69) is 65.7 Å². The van der Waals surface area contributed by atoms with Crippen LogP contribution < -0.4 is 4.57 Å². The Labute approximate surface area is 110 Å². The fourth-order valence-corrected chi connectivity index (χ4v) is 2.26. The Balaban J connectivity index is 2.02. The Morgan fingerprint density at radius 2 is 1.89 bits per heavy atom. The number of aromatic nitrogens is 2. The molecule has 1 aromatic heterocycles. The molecule has 0 atom stereocenters. The lowest BCUT2D eigenvalue weighted by molar-refractivity contribution is -0.702. The summed E-state index contributed by atoms with van der Waals surface area (Å²) < 4.78 is 4.68. The van der Waals surface area contributed by atoms with Gasteiger partial charge in [0.2, 0.25) is 0 Å². The molecule has 0 amide bonds. The van der Waals surface area contributed by atoms with E-state index in [0.29, 0.717) is 0 Å². The zero-order valence-electron chi connectivity index (χ0n) is 11.5. The number of benzene rings is 1. The van der Waals surface area contributed by atoms with Crippen molar-refractivity contribution < 1.29 is 4.57 Å². The molecule has 0 fully saturated rings. The minimum atomic E-state index is 0.966. The van der Waals surface area contributed by atoms with E-state index in [-0.39, 0.29) is 0 Å². The second kappa shape index (κ2) is 6.39. The fraction of sp³-hybridized carbons (Fsp3) is 0.438. The zero-order valence-corrected chi connectivity index (χ0v) is 11.5. The fourth-order valence-electron chi connectivity index (χ4n) is 2.26. The second-order valence-corrected chi connectivity index (χ2v) is 4.86. The third-order valence-electron chi connectivity index (χ3n) is 3.46. The van der Waals surface area contributed by atoms with Gasteiger partial charge in [0.1, 0.15) is 18.9 Å². The minimum Gasteiger partial charge on any atom is -0.234 e. The first-order valence-corrected chi connectivity index (χ1v) is 6.90. The number of imidazole rings is 1. The van der Waals surface area contributed by atoms with Gasteiger partial charge >= 0.3 is 0 Å². The van der Waals surface area contributed by atoms with Crippen LogP contribution in [0.25, 0.3) is 0 Å². The number of aryl methyl sites for hydroxylation is 1. The average molecular weight is 243 g/mol. The molecule has 0 radical (unpaired) electrons. The number of unbranched alkanes of at least 4 members (excludes halogenated alkanes) is 2. The molecule has 0 aliphatic heterocycles. The highest BCUT2D eigenvalue weighted by Gasteiger charge is 2.11. The van der Waals surface area contributed by atoms with E-state index in [0.717, 1.165) is 13.1 Å². The second-order valence-electron chi connectivity index (χ2n) is 4.86. The molecule has 0 saturated heterocycles. The van der Waals surface area contributed by atoms with Crippen LogP contribution in [-0.4, -0.2) is 4.57 Å². The van der Waals surface area contributed by atoms with Gasteiger partial charge in [0.15, 0.2) is 0 Å². The van der Waals surface area contributed by atoms with Crippen molar-refractivity contribution in [2.24, 2.45) is 0 Å². The third-order valence-corrected chi connectivity index (χ3v) is 3.46. The smallest absolute Gasteiger partial charge is 0.234 e. The van der Waals surface area contributed by atoms with E-state index in [9.17, 15) is 0 Å². The van der Waals surface area contributed by atoms with E-state index in [4.69, 9.17) is 0 Å². The van der Waals surface area contributed by atoms with Gasteiger partial charge in [-0.1, -0.05) is 43.7 Å². The SMILES string of the molecule is CCCCC[n+]1ccn(Cc2ccccc2)c1C. The van der Waals surface area contributed by atoms with Crippen LogP contribution in [-0.2, 0) is 13.1 Å². The molecule has 18 heavy (non-hydrogen) atoms. The number of nitrogens with zero attached hydrogens (tertiary/aromatic N) is 2. The molecule has 0 aliphatic rings. The summed E-state index contributed by atoms with van der Waals surface area (Å²) in [6.07, 6.45) is 8.26. The Hall–Kier alpha value is -1.57.